The van der Waals surface area contributed by atoms with Crippen LogP contribution in [0.1, 0.15) is 43.9 Å². The molecule has 0 saturated heterocycles. The molecule has 1 aromatic heterocycles. The van der Waals surface area contributed by atoms with Gasteiger partial charge in [0.1, 0.15) is 17.0 Å². The van der Waals surface area contributed by atoms with Crippen LogP contribution in [-0.4, -0.2) is 35.3 Å². The Balaban J connectivity index is 1.90. The van der Waals surface area contributed by atoms with Gasteiger partial charge in [-0.1, -0.05) is 19.9 Å². The average Bonchev–Trinajstić information content (AvgIpc) is 3.02. The van der Waals surface area contributed by atoms with Gasteiger partial charge in [0, 0.05) is 7.05 Å². The van der Waals surface area contributed by atoms with Gasteiger partial charge in [-0.25, -0.2) is 13.8 Å². The van der Waals surface area contributed by atoms with Crippen molar-refractivity contribution in [3.63, 3.8) is 0 Å². The number of hydrogen-bond acceptors (Lipinski definition) is 4. The highest BCUT2D eigenvalue weighted by Gasteiger charge is 2.68. The van der Waals surface area contributed by atoms with E-state index in [1.807, 2.05) is 13.8 Å². The summed E-state index contributed by atoms with van der Waals surface area (Å²) in [6, 6.07) is 5.40. The van der Waals surface area contributed by atoms with Crippen LogP contribution in [0.2, 0.25) is 0 Å². The predicted molar refractivity (Wildman–Crippen MR) is 94.6 cm³/mol. The number of carbonyl (C=O) groups excluding carboxylic acids is 1. The van der Waals surface area contributed by atoms with Crippen LogP contribution in [0, 0.1) is 17.0 Å². The summed E-state index contributed by atoms with van der Waals surface area (Å²) in [6.07, 6.45) is 1.44. The fourth-order valence-corrected chi connectivity index (χ4v) is 5.01. The van der Waals surface area contributed by atoms with Gasteiger partial charge in [0.25, 0.3) is 5.91 Å². The zero-order chi connectivity index (χ0) is 19.6. The minimum absolute atomic E-state index is 0.0609. The maximum Gasteiger partial charge on any atom is 0.258 e. The van der Waals surface area contributed by atoms with E-state index in [1.54, 1.807) is 13.1 Å². The van der Waals surface area contributed by atoms with Crippen molar-refractivity contribution < 1.29 is 18.4 Å². The lowest BCUT2D eigenvalue weighted by Gasteiger charge is -2.38. The molecule has 0 unspecified atom stereocenters. The molecule has 0 N–H and O–H groups in total. The second kappa shape index (κ2) is 5.79. The first kappa shape index (κ1) is 18.0. The van der Waals surface area contributed by atoms with Crippen LogP contribution in [0.3, 0.4) is 0 Å². The lowest BCUT2D eigenvalue weighted by Crippen LogP contribution is -2.50. The van der Waals surface area contributed by atoms with Gasteiger partial charge in [0.2, 0.25) is 0 Å². The number of amides is 1. The largest absolute Gasteiger partial charge is 0.275 e. The number of aromatic nitrogens is 2. The molecule has 2 bridgehead atoms. The summed E-state index contributed by atoms with van der Waals surface area (Å²) < 4.78 is 28.4. The summed E-state index contributed by atoms with van der Waals surface area (Å²) in [5, 5.41) is 9.64. The zero-order valence-electron chi connectivity index (χ0n) is 15.7. The standard InChI is InChI=1S/C20H21F2N3O2/c1-19(2)12-8-9-20(19,18(26)25(3)27-4)17-11(12)10-15(23-24-17)16-13(21)6-5-7-14(16)22/h5-7,10,12H,8-9H2,1-4H3/t12-,20+/m0/s1. The van der Waals surface area contributed by atoms with E-state index in [4.69, 9.17) is 4.84 Å². The predicted octanol–water partition coefficient (Wildman–Crippen LogP) is 3.60. The molecule has 4 rings (SSSR count). The van der Waals surface area contributed by atoms with Gasteiger partial charge in [-0.05, 0) is 47.9 Å². The molecule has 142 valence electrons. The van der Waals surface area contributed by atoms with Crippen molar-refractivity contribution in [3.8, 4) is 11.3 Å². The molecule has 1 saturated carbocycles. The van der Waals surface area contributed by atoms with Crippen molar-refractivity contribution in [1.29, 1.82) is 0 Å². The Morgan fingerprint density at radius 2 is 1.93 bits per heavy atom. The number of fused-ring (bicyclic) bond motifs is 5. The summed E-state index contributed by atoms with van der Waals surface area (Å²) in [6.45, 7) is 4.08. The molecule has 2 aliphatic rings. The molecule has 1 aromatic carbocycles. The minimum atomic E-state index is -0.850. The third kappa shape index (κ3) is 2.15. The first-order valence-electron chi connectivity index (χ1n) is 8.90. The molecule has 1 heterocycles. The van der Waals surface area contributed by atoms with Crippen molar-refractivity contribution in [1.82, 2.24) is 15.3 Å². The highest BCUT2D eigenvalue weighted by Crippen LogP contribution is 2.67. The fraction of sp³-hybridized carbons (Fsp3) is 0.450. The normalized spacial score (nSPS) is 24.7. The summed E-state index contributed by atoms with van der Waals surface area (Å²) in [4.78, 5) is 18.3. The van der Waals surface area contributed by atoms with Crippen LogP contribution in [0.5, 0.6) is 0 Å². The van der Waals surface area contributed by atoms with Crippen molar-refractivity contribution in [2.45, 2.75) is 38.0 Å². The molecule has 2 aliphatic carbocycles. The van der Waals surface area contributed by atoms with Gasteiger partial charge in [-0.15, -0.1) is 5.10 Å². The molecule has 2 atom stereocenters. The Bertz CT molecular complexity index is 927. The number of hydrogen-bond donors (Lipinski definition) is 0. The fourth-order valence-electron chi connectivity index (χ4n) is 5.01. The maximum absolute atomic E-state index is 14.2. The van der Waals surface area contributed by atoms with Gasteiger partial charge >= 0.3 is 0 Å². The molecule has 1 fully saturated rings. The van der Waals surface area contributed by atoms with E-state index < -0.39 is 22.5 Å². The SMILES string of the molecule is CON(C)C(=O)[C@@]12CC[C@@H](c3cc(-c4c(F)cccc4F)nnc31)C2(C)C. The molecule has 1 amide bonds. The van der Waals surface area contributed by atoms with E-state index >= 15 is 0 Å². The van der Waals surface area contributed by atoms with Crippen LogP contribution in [-0.2, 0) is 15.0 Å². The van der Waals surface area contributed by atoms with Crippen LogP contribution in [0.25, 0.3) is 11.3 Å². The van der Waals surface area contributed by atoms with Gasteiger partial charge in [-0.3, -0.25) is 9.63 Å². The lowest BCUT2D eigenvalue weighted by molar-refractivity contribution is -0.179. The van der Waals surface area contributed by atoms with E-state index in [0.29, 0.717) is 12.1 Å². The zero-order valence-corrected chi connectivity index (χ0v) is 15.7. The van der Waals surface area contributed by atoms with Crippen molar-refractivity contribution in [3.05, 3.63) is 47.2 Å². The van der Waals surface area contributed by atoms with E-state index in [1.165, 1.54) is 30.4 Å². The summed E-state index contributed by atoms with van der Waals surface area (Å²) in [7, 11) is 3.02. The van der Waals surface area contributed by atoms with Gasteiger partial charge in [0.15, 0.2) is 0 Å². The van der Waals surface area contributed by atoms with Crippen LogP contribution < -0.4 is 0 Å². The highest BCUT2D eigenvalue weighted by molar-refractivity contribution is 5.91. The summed E-state index contributed by atoms with van der Waals surface area (Å²) >= 11 is 0. The molecule has 0 spiro atoms. The maximum atomic E-state index is 14.2. The van der Waals surface area contributed by atoms with Crippen LogP contribution >= 0.6 is 0 Å². The number of halogens is 2. The molecular weight excluding hydrogens is 352 g/mol. The van der Waals surface area contributed by atoms with E-state index in [0.717, 1.165) is 12.0 Å². The van der Waals surface area contributed by atoms with Gasteiger partial charge in [-0.2, -0.15) is 5.10 Å². The number of nitrogens with zero attached hydrogens (tertiary/aromatic N) is 3. The van der Waals surface area contributed by atoms with Crippen molar-refractivity contribution in [2.24, 2.45) is 5.41 Å². The first-order chi connectivity index (χ1) is 12.8. The van der Waals surface area contributed by atoms with Crippen molar-refractivity contribution >= 4 is 5.91 Å². The monoisotopic (exact) mass is 373 g/mol. The Hall–Kier alpha value is -2.41. The van der Waals surface area contributed by atoms with Crippen LogP contribution in [0.4, 0.5) is 8.78 Å². The Morgan fingerprint density at radius 1 is 1.26 bits per heavy atom. The second-order valence-corrected chi connectivity index (χ2v) is 7.83. The average molecular weight is 373 g/mol. The molecular formula is C20H21F2N3O2. The van der Waals surface area contributed by atoms with Crippen molar-refractivity contribution in [2.75, 3.05) is 14.2 Å². The smallest absolute Gasteiger partial charge is 0.258 e. The summed E-state index contributed by atoms with van der Waals surface area (Å²) in [5.41, 5.74) is 0.144. The number of hydroxylamine groups is 2. The van der Waals surface area contributed by atoms with E-state index in [2.05, 4.69) is 10.2 Å². The van der Waals surface area contributed by atoms with E-state index in [9.17, 15) is 13.6 Å². The third-order valence-corrected chi connectivity index (χ3v) is 6.53. The van der Waals surface area contributed by atoms with E-state index in [-0.39, 0.29) is 23.1 Å². The summed E-state index contributed by atoms with van der Waals surface area (Å²) in [5.74, 6) is -1.48. The highest BCUT2D eigenvalue weighted by atomic mass is 19.1. The van der Waals surface area contributed by atoms with Crippen LogP contribution in [0.15, 0.2) is 24.3 Å². The number of carbonyl (C=O) groups is 1. The Labute approximate surface area is 156 Å². The molecule has 5 nitrogen and oxygen atoms in total. The lowest BCUT2D eigenvalue weighted by atomic mass is 9.67. The number of likely N-dealkylation sites (N-methyl/N-ethyl adjacent to an activating group) is 1. The molecule has 2 aromatic rings. The number of benzene rings is 1. The molecule has 0 radical (unpaired) electrons. The second-order valence-electron chi connectivity index (χ2n) is 7.83. The topological polar surface area (TPSA) is 55.3 Å². The first-order valence-corrected chi connectivity index (χ1v) is 8.90. The molecule has 0 aliphatic heterocycles. The molecule has 27 heavy (non-hydrogen) atoms. The van der Waals surface area contributed by atoms with Gasteiger partial charge < -0.3 is 0 Å². The number of rotatable bonds is 3. The minimum Gasteiger partial charge on any atom is -0.275 e. The third-order valence-electron chi connectivity index (χ3n) is 6.53. The van der Waals surface area contributed by atoms with Gasteiger partial charge in [0.05, 0.1) is 24.1 Å². The Kier molecular flexibility index (Phi) is 3.86. The molecule has 7 heteroatoms. The quantitative estimate of drug-likeness (QED) is 0.772. The Morgan fingerprint density at radius 3 is 2.56 bits per heavy atom.